The summed E-state index contributed by atoms with van der Waals surface area (Å²) in [6, 6.07) is 13.6. The summed E-state index contributed by atoms with van der Waals surface area (Å²) < 4.78 is 0. The minimum absolute atomic E-state index is 0.00908. The SMILES string of the molecule is CCCN(Cc1cc(NC(=O)CC(C)C)ccc1N(C)C)C(=O)c1cccc(C)c1. The third-order valence-corrected chi connectivity index (χ3v) is 4.85. The second-order valence-electron chi connectivity index (χ2n) is 8.48. The van der Waals surface area contributed by atoms with E-state index >= 15 is 0 Å². The first-order chi connectivity index (χ1) is 14.2. The van der Waals surface area contributed by atoms with Gasteiger partial charge < -0.3 is 15.1 Å². The fourth-order valence-electron chi connectivity index (χ4n) is 3.50. The van der Waals surface area contributed by atoms with Crippen LogP contribution in [0.1, 0.15) is 55.1 Å². The first kappa shape index (κ1) is 23.5. The number of benzene rings is 2. The van der Waals surface area contributed by atoms with Gasteiger partial charge in [-0.25, -0.2) is 0 Å². The van der Waals surface area contributed by atoms with Crippen LogP contribution in [0.2, 0.25) is 0 Å². The summed E-state index contributed by atoms with van der Waals surface area (Å²) >= 11 is 0. The van der Waals surface area contributed by atoms with Crippen molar-refractivity contribution in [1.29, 1.82) is 0 Å². The number of carbonyl (C=O) groups excluding carboxylic acids is 2. The van der Waals surface area contributed by atoms with Gasteiger partial charge in [-0.1, -0.05) is 38.5 Å². The Morgan fingerprint density at radius 3 is 2.40 bits per heavy atom. The fourth-order valence-corrected chi connectivity index (χ4v) is 3.50. The Balaban J connectivity index is 2.31. The minimum Gasteiger partial charge on any atom is -0.377 e. The van der Waals surface area contributed by atoms with Gasteiger partial charge in [0.15, 0.2) is 0 Å². The molecule has 0 radical (unpaired) electrons. The average Bonchev–Trinajstić information content (AvgIpc) is 2.66. The van der Waals surface area contributed by atoms with Gasteiger partial charge in [0.2, 0.25) is 5.91 Å². The Kier molecular flexibility index (Phi) is 8.46. The molecule has 162 valence electrons. The predicted molar refractivity (Wildman–Crippen MR) is 125 cm³/mol. The van der Waals surface area contributed by atoms with Gasteiger partial charge >= 0.3 is 0 Å². The van der Waals surface area contributed by atoms with E-state index in [1.54, 1.807) is 0 Å². The second-order valence-corrected chi connectivity index (χ2v) is 8.48. The van der Waals surface area contributed by atoms with Gasteiger partial charge in [0.1, 0.15) is 0 Å². The lowest BCUT2D eigenvalue weighted by molar-refractivity contribution is -0.116. The van der Waals surface area contributed by atoms with E-state index in [4.69, 9.17) is 0 Å². The van der Waals surface area contributed by atoms with Crippen LogP contribution in [0.3, 0.4) is 0 Å². The molecule has 2 aromatic rings. The van der Waals surface area contributed by atoms with E-state index in [2.05, 4.69) is 12.2 Å². The van der Waals surface area contributed by atoms with E-state index in [1.807, 2.05) is 87.1 Å². The van der Waals surface area contributed by atoms with Crippen LogP contribution in [0.4, 0.5) is 11.4 Å². The van der Waals surface area contributed by atoms with Crippen LogP contribution in [-0.4, -0.2) is 37.4 Å². The van der Waals surface area contributed by atoms with Crippen LogP contribution in [0.25, 0.3) is 0 Å². The molecule has 0 aromatic heterocycles. The highest BCUT2D eigenvalue weighted by atomic mass is 16.2. The molecule has 0 fully saturated rings. The van der Waals surface area contributed by atoms with E-state index in [-0.39, 0.29) is 11.8 Å². The van der Waals surface area contributed by atoms with Crippen molar-refractivity contribution in [2.45, 2.75) is 47.1 Å². The summed E-state index contributed by atoms with van der Waals surface area (Å²) in [7, 11) is 3.98. The molecule has 0 aliphatic heterocycles. The molecular weight excluding hydrogens is 374 g/mol. The molecule has 5 nitrogen and oxygen atoms in total. The molecule has 1 N–H and O–H groups in total. The Labute approximate surface area is 181 Å². The number of hydrogen-bond acceptors (Lipinski definition) is 3. The van der Waals surface area contributed by atoms with E-state index in [0.717, 1.165) is 28.9 Å². The molecule has 0 saturated heterocycles. The zero-order chi connectivity index (χ0) is 22.3. The summed E-state index contributed by atoms with van der Waals surface area (Å²) in [6.45, 7) is 9.28. The van der Waals surface area contributed by atoms with Crippen LogP contribution in [0, 0.1) is 12.8 Å². The van der Waals surface area contributed by atoms with Crippen molar-refractivity contribution in [2.75, 3.05) is 30.9 Å². The maximum Gasteiger partial charge on any atom is 0.254 e. The molecule has 2 aromatic carbocycles. The van der Waals surface area contributed by atoms with Gasteiger partial charge in [0.05, 0.1) is 0 Å². The van der Waals surface area contributed by atoms with E-state index in [0.29, 0.717) is 31.0 Å². The number of anilines is 2. The van der Waals surface area contributed by atoms with Crippen molar-refractivity contribution >= 4 is 23.2 Å². The molecular formula is C25H35N3O2. The number of carbonyl (C=O) groups is 2. The molecule has 0 atom stereocenters. The highest BCUT2D eigenvalue weighted by molar-refractivity contribution is 5.94. The molecule has 2 rings (SSSR count). The first-order valence-electron chi connectivity index (χ1n) is 10.7. The zero-order valence-electron chi connectivity index (χ0n) is 19.2. The summed E-state index contributed by atoms with van der Waals surface area (Å²) in [5, 5.41) is 2.99. The Bertz CT molecular complexity index is 874. The van der Waals surface area contributed by atoms with Gasteiger partial charge in [-0.2, -0.15) is 0 Å². The highest BCUT2D eigenvalue weighted by Gasteiger charge is 2.18. The highest BCUT2D eigenvalue weighted by Crippen LogP contribution is 2.25. The normalized spacial score (nSPS) is 10.8. The van der Waals surface area contributed by atoms with Crippen molar-refractivity contribution in [1.82, 2.24) is 4.90 Å². The summed E-state index contributed by atoms with van der Waals surface area (Å²) in [5.41, 5.74) is 4.59. The summed E-state index contributed by atoms with van der Waals surface area (Å²) in [4.78, 5) is 29.3. The molecule has 0 heterocycles. The van der Waals surface area contributed by atoms with Gasteiger partial charge in [0.25, 0.3) is 5.91 Å². The number of rotatable bonds is 9. The number of nitrogens with one attached hydrogen (secondary N) is 1. The van der Waals surface area contributed by atoms with E-state index in [1.165, 1.54) is 0 Å². The van der Waals surface area contributed by atoms with Gasteiger partial charge in [-0.05, 0) is 55.2 Å². The summed E-state index contributed by atoms with van der Waals surface area (Å²) in [6.07, 6.45) is 1.36. The Hall–Kier alpha value is -2.82. The fraction of sp³-hybridized carbons (Fsp3) is 0.440. The number of amides is 2. The van der Waals surface area contributed by atoms with Gasteiger partial charge in [0, 0.05) is 50.5 Å². The van der Waals surface area contributed by atoms with Crippen LogP contribution in [0.5, 0.6) is 0 Å². The lowest BCUT2D eigenvalue weighted by Gasteiger charge is -2.26. The van der Waals surface area contributed by atoms with Crippen molar-refractivity contribution < 1.29 is 9.59 Å². The topological polar surface area (TPSA) is 52.7 Å². The predicted octanol–water partition coefficient (Wildman–Crippen LogP) is 5.10. The van der Waals surface area contributed by atoms with E-state index in [9.17, 15) is 9.59 Å². The third-order valence-electron chi connectivity index (χ3n) is 4.85. The molecule has 0 spiro atoms. The minimum atomic E-state index is 0.00908. The van der Waals surface area contributed by atoms with Crippen LogP contribution < -0.4 is 10.2 Å². The van der Waals surface area contributed by atoms with Crippen LogP contribution in [-0.2, 0) is 11.3 Å². The molecule has 30 heavy (non-hydrogen) atoms. The number of nitrogens with zero attached hydrogens (tertiary/aromatic N) is 2. The lowest BCUT2D eigenvalue weighted by Crippen LogP contribution is -2.32. The molecule has 0 aliphatic carbocycles. The third kappa shape index (κ3) is 6.61. The van der Waals surface area contributed by atoms with Crippen LogP contribution >= 0.6 is 0 Å². The maximum absolute atomic E-state index is 13.2. The maximum atomic E-state index is 13.2. The lowest BCUT2D eigenvalue weighted by atomic mass is 10.1. The van der Waals surface area contributed by atoms with Gasteiger partial charge in [-0.15, -0.1) is 0 Å². The number of aryl methyl sites for hydroxylation is 1. The average molecular weight is 410 g/mol. The van der Waals surface area contributed by atoms with Gasteiger partial charge in [-0.3, -0.25) is 9.59 Å². The smallest absolute Gasteiger partial charge is 0.254 e. The largest absolute Gasteiger partial charge is 0.377 e. The van der Waals surface area contributed by atoms with Crippen molar-refractivity contribution in [3.05, 3.63) is 59.2 Å². The first-order valence-corrected chi connectivity index (χ1v) is 10.7. The molecule has 0 unspecified atom stereocenters. The Morgan fingerprint density at radius 1 is 1.07 bits per heavy atom. The molecule has 2 amide bonds. The molecule has 0 saturated carbocycles. The van der Waals surface area contributed by atoms with E-state index < -0.39 is 0 Å². The summed E-state index contributed by atoms with van der Waals surface area (Å²) in [5.74, 6) is 0.340. The van der Waals surface area contributed by atoms with Crippen LogP contribution in [0.15, 0.2) is 42.5 Å². The zero-order valence-corrected chi connectivity index (χ0v) is 19.2. The van der Waals surface area contributed by atoms with Crippen molar-refractivity contribution in [3.63, 3.8) is 0 Å². The molecule has 0 bridgehead atoms. The Morgan fingerprint density at radius 2 is 1.80 bits per heavy atom. The number of hydrogen-bond donors (Lipinski definition) is 1. The molecule has 5 heteroatoms. The van der Waals surface area contributed by atoms with Crippen molar-refractivity contribution in [3.8, 4) is 0 Å². The quantitative estimate of drug-likeness (QED) is 0.627. The standard InChI is InChI=1S/C25H35N3O2/c1-7-13-28(25(30)20-10-8-9-19(4)15-20)17-21-16-22(11-12-23(21)27(5)6)26-24(29)14-18(2)3/h8-12,15-16,18H,7,13-14,17H2,1-6H3,(H,26,29). The second kappa shape index (κ2) is 10.8. The monoisotopic (exact) mass is 409 g/mol. The molecule has 0 aliphatic rings. The van der Waals surface area contributed by atoms with Crippen molar-refractivity contribution in [2.24, 2.45) is 5.92 Å².